The molecule has 4 nitrogen and oxygen atoms in total. The summed E-state index contributed by atoms with van der Waals surface area (Å²) in [6.45, 7) is 9.20. The summed E-state index contributed by atoms with van der Waals surface area (Å²) in [5.41, 5.74) is -0.306. The van der Waals surface area contributed by atoms with Gasteiger partial charge in [0.05, 0.1) is 0 Å². The molecule has 0 atom stereocenters. The molecule has 0 bridgehead atoms. The Labute approximate surface area is 104 Å². The lowest BCUT2D eigenvalue weighted by Gasteiger charge is -2.35. The van der Waals surface area contributed by atoms with E-state index in [1.54, 1.807) is 0 Å². The highest BCUT2D eigenvalue weighted by atomic mass is 16.2. The zero-order valence-corrected chi connectivity index (χ0v) is 11.4. The average Bonchev–Trinajstić information content (AvgIpc) is 2.27. The van der Waals surface area contributed by atoms with Crippen LogP contribution >= 0.6 is 0 Å². The Morgan fingerprint density at radius 2 is 1.76 bits per heavy atom. The number of hydrogen-bond donors (Lipinski definition) is 1. The van der Waals surface area contributed by atoms with E-state index in [1.165, 1.54) is 0 Å². The lowest BCUT2D eigenvalue weighted by atomic mass is 9.93. The van der Waals surface area contributed by atoms with Gasteiger partial charge in [0.15, 0.2) is 0 Å². The Morgan fingerprint density at radius 1 is 1.24 bits per heavy atom. The van der Waals surface area contributed by atoms with Gasteiger partial charge >= 0.3 is 0 Å². The first-order chi connectivity index (χ1) is 7.84. The minimum atomic E-state index is -0.306. The maximum atomic E-state index is 12.0. The minimum Gasteiger partial charge on any atom is -0.353 e. The monoisotopic (exact) mass is 240 g/mol. The number of rotatable bonds is 2. The van der Waals surface area contributed by atoms with E-state index in [0.29, 0.717) is 6.42 Å². The molecule has 0 spiro atoms. The first-order valence-electron chi connectivity index (χ1n) is 6.43. The van der Waals surface area contributed by atoms with E-state index >= 15 is 0 Å². The van der Waals surface area contributed by atoms with Crippen molar-refractivity contribution < 1.29 is 9.59 Å². The van der Waals surface area contributed by atoms with Crippen LogP contribution in [0.2, 0.25) is 0 Å². The summed E-state index contributed by atoms with van der Waals surface area (Å²) < 4.78 is 0. The Hall–Kier alpha value is -1.06. The molecule has 1 rings (SSSR count). The number of likely N-dealkylation sites (tertiary alicyclic amines) is 1. The van der Waals surface area contributed by atoms with Crippen LogP contribution in [-0.4, -0.2) is 35.8 Å². The van der Waals surface area contributed by atoms with Crippen molar-refractivity contribution in [2.45, 2.75) is 53.0 Å². The quantitative estimate of drug-likeness (QED) is 0.796. The van der Waals surface area contributed by atoms with E-state index in [0.717, 1.165) is 25.9 Å². The molecule has 0 aromatic heterocycles. The number of nitrogens with one attached hydrogen (secondary N) is 1. The number of piperidine rings is 1. The fraction of sp³-hybridized carbons (Fsp3) is 0.846. The molecule has 0 saturated carbocycles. The molecule has 17 heavy (non-hydrogen) atoms. The molecular formula is C13H24N2O2. The predicted octanol–water partition coefficient (Wildman–Crippen LogP) is 1.55. The van der Waals surface area contributed by atoms with Crippen molar-refractivity contribution in [1.82, 2.24) is 10.2 Å². The van der Waals surface area contributed by atoms with Crippen LogP contribution < -0.4 is 5.32 Å². The zero-order chi connectivity index (χ0) is 13.1. The van der Waals surface area contributed by atoms with Crippen LogP contribution in [0.3, 0.4) is 0 Å². The van der Waals surface area contributed by atoms with Crippen molar-refractivity contribution in [2.75, 3.05) is 13.1 Å². The fourth-order valence-corrected chi connectivity index (χ4v) is 2.03. The average molecular weight is 240 g/mol. The van der Waals surface area contributed by atoms with Crippen LogP contribution in [0.1, 0.15) is 47.0 Å². The third-order valence-corrected chi connectivity index (χ3v) is 3.11. The Balaban J connectivity index is 2.41. The molecule has 1 N–H and O–H groups in total. The summed E-state index contributed by atoms with van der Waals surface area (Å²) in [5, 5.41) is 2.99. The smallest absolute Gasteiger partial charge is 0.227 e. The molecule has 2 amide bonds. The summed E-state index contributed by atoms with van der Waals surface area (Å²) in [5.74, 6) is 0.309. The number of amides is 2. The van der Waals surface area contributed by atoms with Gasteiger partial charge in [-0.15, -0.1) is 0 Å². The maximum absolute atomic E-state index is 12.0. The van der Waals surface area contributed by atoms with Gasteiger partial charge in [0.2, 0.25) is 11.8 Å². The zero-order valence-electron chi connectivity index (χ0n) is 11.4. The summed E-state index contributed by atoms with van der Waals surface area (Å²) in [7, 11) is 0. The number of nitrogens with zero attached hydrogens (tertiary/aromatic N) is 1. The SMILES string of the molecule is CCC(=O)NC1CCN(C(=O)C(C)(C)C)CC1. The molecule has 1 aliphatic rings. The molecule has 1 heterocycles. The lowest BCUT2D eigenvalue weighted by Crippen LogP contribution is -2.49. The highest BCUT2D eigenvalue weighted by molar-refractivity contribution is 5.81. The van der Waals surface area contributed by atoms with Crippen LogP contribution in [0.5, 0.6) is 0 Å². The van der Waals surface area contributed by atoms with Crippen LogP contribution in [0, 0.1) is 5.41 Å². The summed E-state index contributed by atoms with van der Waals surface area (Å²) in [4.78, 5) is 25.2. The van der Waals surface area contributed by atoms with Gasteiger partial charge in [0.1, 0.15) is 0 Å². The second-order valence-corrected chi connectivity index (χ2v) is 5.74. The van der Waals surface area contributed by atoms with Crippen molar-refractivity contribution >= 4 is 11.8 Å². The second-order valence-electron chi connectivity index (χ2n) is 5.74. The summed E-state index contributed by atoms with van der Waals surface area (Å²) in [6.07, 6.45) is 2.27. The molecule has 1 saturated heterocycles. The molecule has 1 aliphatic heterocycles. The maximum Gasteiger partial charge on any atom is 0.227 e. The van der Waals surface area contributed by atoms with Crippen LogP contribution in [0.25, 0.3) is 0 Å². The van der Waals surface area contributed by atoms with E-state index in [1.807, 2.05) is 32.6 Å². The molecule has 0 aromatic carbocycles. The standard InChI is InChI=1S/C13H24N2O2/c1-5-11(16)14-10-6-8-15(9-7-10)12(17)13(2,3)4/h10H,5-9H2,1-4H3,(H,14,16). The lowest BCUT2D eigenvalue weighted by molar-refractivity contribution is -0.140. The Bertz CT molecular complexity index is 286. The number of carbonyl (C=O) groups is 2. The van der Waals surface area contributed by atoms with Crippen LogP contribution in [0.4, 0.5) is 0 Å². The van der Waals surface area contributed by atoms with E-state index in [2.05, 4.69) is 5.32 Å². The van der Waals surface area contributed by atoms with Gasteiger partial charge in [-0.05, 0) is 12.8 Å². The number of hydrogen-bond acceptors (Lipinski definition) is 2. The Morgan fingerprint density at radius 3 is 2.18 bits per heavy atom. The molecule has 0 unspecified atom stereocenters. The van der Waals surface area contributed by atoms with E-state index < -0.39 is 0 Å². The van der Waals surface area contributed by atoms with E-state index in [4.69, 9.17) is 0 Å². The first-order valence-corrected chi connectivity index (χ1v) is 6.43. The minimum absolute atomic E-state index is 0.102. The molecule has 0 aliphatic carbocycles. The van der Waals surface area contributed by atoms with Crippen LogP contribution in [0.15, 0.2) is 0 Å². The molecule has 98 valence electrons. The van der Waals surface area contributed by atoms with Crippen molar-refractivity contribution in [3.05, 3.63) is 0 Å². The van der Waals surface area contributed by atoms with Gasteiger partial charge in [-0.1, -0.05) is 27.7 Å². The van der Waals surface area contributed by atoms with Gasteiger partial charge < -0.3 is 10.2 Å². The van der Waals surface area contributed by atoms with E-state index in [9.17, 15) is 9.59 Å². The van der Waals surface area contributed by atoms with Gasteiger partial charge in [-0.3, -0.25) is 9.59 Å². The summed E-state index contributed by atoms with van der Waals surface area (Å²) >= 11 is 0. The van der Waals surface area contributed by atoms with Gasteiger partial charge in [-0.25, -0.2) is 0 Å². The third kappa shape index (κ3) is 4.02. The normalized spacial score (nSPS) is 18.0. The molecule has 0 aromatic rings. The van der Waals surface area contributed by atoms with Crippen molar-refractivity contribution in [3.63, 3.8) is 0 Å². The van der Waals surface area contributed by atoms with Crippen molar-refractivity contribution in [3.8, 4) is 0 Å². The van der Waals surface area contributed by atoms with Gasteiger partial charge in [0.25, 0.3) is 0 Å². The van der Waals surface area contributed by atoms with Crippen molar-refractivity contribution in [2.24, 2.45) is 5.41 Å². The van der Waals surface area contributed by atoms with Gasteiger partial charge in [0, 0.05) is 31.0 Å². The van der Waals surface area contributed by atoms with Crippen molar-refractivity contribution in [1.29, 1.82) is 0 Å². The highest BCUT2D eigenvalue weighted by Gasteiger charge is 2.30. The predicted molar refractivity (Wildman–Crippen MR) is 67.5 cm³/mol. The third-order valence-electron chi connectivity index (χ3n) is 3.11. The summed E-state index contributed by atoms with van der Waals surface area (Å²) in [6, 6.07) is 0.242. The highest BCUT2D eigenvalue weighted by Crippen LogP contribution is 2.20. The van der Waals surface area contributed by atoms with Gasteiger partial charge in [-0.2, -0.15) is 0 Å². The molecule has 0 radical (unpaired) electrons. The molecular weight excluding hydrogens is 216 g/mol. The Kier molecular flexibility index (Phi) is 4.54. The molecule has 1 fully saturated rings. The fourth-order valence-electron chi connectivity index (χ4n) is 2.03. The molecule has 4 heteroatoms. The first kappa shape index (κ1) is 14.0. The number of carbonyl (C=O) groups excluding carboxylic acids is 2. The second kappa shape index (κ2) is 5.52. The topological polar surface area (TPSA) is 49.4 Å². The largest absolute Gasteiger partial charge is 0.353 e. The van der Waals surface area contributed by atoms with E-state index in [-0.39, 0.29) is 23.3 Å². The van der Waals surface area contributed by atoms with Crippen LogP contribution in [-0.2, 0) is 9.59 Å².